The van der Waals surface area contributed by atoms with Crippen LogP contribution >= 0.6 is 0 Å². The predicted octanol–water partition coefficient (Wildman–Crippen LogP) is 2.09. The van der Waals surface area contributed by atoms with Gasteiger partial charge in [-0.25, -0.2) is 0 Å². The minimum atomic E-state index is 0.170. The lowest BCUT2D eigenvalue weighted by Gasteiger charge is -2.24. The lowest BCUT2D eigenvalue weighted by molar-refractivity contribution is 0.357. The molecule has 100 valence electrons. The summed E-state index contributed by atoms with van der Waals surface area (Å²) >= 11 is 0. The normalized spacial score (nSPS) is 19.6. The van der Waals surface area contributed by atoms with Gasteiger partial charge in [-0.1, -0.05) is 6.42 Å². The van der Waals surface area contributed by atoms with E-state index in [0.717, 1.165) is 24.3 Å². The van der Waals surface area contributed by atoms with E-state index < -0.39 is 0 Å². The van der Waals surface area contributed by atoms with Crippen molar-refractivity contribution in [3.05, 3.63) is 17.7 Å². The molecular formula is C14H21NO3. The standard InChI is InChI=1S/C14H21NO3/c1-17-13-9-14(18-2)12(16)8-10(13)7-11-5-3-4-6-15-11/h8-9,11,15-16H,3-7H2,1-2H3. The van der Waals surface area contributed by atoms with Crippen LogP contribution in [0.1, 0.15) is 24.8 Å². The number of aromatic hydroxyl groups is 1. The topological polar surface area (TPSA) is 50.7 Å². The number of benzene rings is 1. The first-order valence-corrected chi connectivity index (χ1v) is 6.42. The van der Waals surface area contributed by atoms with Gasteiger partial charge in [-0.05, 0) is 37.4 Å². The third-order valence-corrected chi connectivity index (χ3v) is 3.46. The molecule has 1 saturated heterocycles. The number of hydrogen-bond acceptors (Lipinski definition) is 4. The average Bonchev–Trinajstić information content (AvgIpc) is 2.40. The highest BCUT2D eigenvalue weighted by Gasteiger charge is 2.17. The summed E-state index contributed by atoms with van der Waals surface area (Å²) < 4.78 is 10.5. The van der Waals surface area contributed by atoms with E-state index in [1.807, 2.05) is 0 Å². The van der Waals surface area contributed by atoms with Crippen molar-refractivity contribution in [2.45, 2.75) is 31.7 Å². The monoisotopic (exact) mass is 251 g/mol. The minimum absolute atomic E-state index is 0.170. The Bertz CT molecular complexity index is 400. The number of piperidine rings is 1. The SMILES string of the molecule is COc1cc(OC)c(CC2CCCCN2)cc1O. The number of phenolic OH excluding ortho intramolecular Hbond substituents is 1. The maximum atomic E-state index is 9.84. The van der Waals surface area contributed by atoms with Crippen molar-refractivity contribution < 1.29 is 14.6 Å². The van der Waals surface area contributed by atoms with Crippen molar-refractivity contribution in [2.75, 3.05) is 20.8 Å². The van der Waals surface area contributed by atoms with Gasteiger partial charge in [0.1, 0.15) is 5.75 Å². The first kappa shape index (κ1) is 13.0. The second kappa shape index (κ2) is 5.96. The first-order valence-electron chi connectivity index (χ1n) is 6.42. The maximum absolute atomic E-state index is 9.84. The van der Waals surface area contributed by atoms with E-state index in [4.69, 9.17) is 9.47 Å². The van der Waals surface area contributed by atoms with Crippen molar-refractivity contribution in [3.63, 3.8) is 0 Å². The minimum Gasteiger partial charge on any atom is -0.504 e. The zero-order valence-corrected chi connectivity index (χ0v) is 11.0. The molecule has 4 heteroatoms. The van der Waals surface area contributed by atoms with E-state index in [9.17, 15) is 5.11 Å². The molecular weight excluding hydrogens is 230 g/mol. The van der Waals surface area contributed by atoms with Gasteiger partial charge in [-0.2, -0.15) is 0 Å². The van der Waals surface area contributed by atoms with Crippen LogP contribution in [0.25, 0.3) is 0 Å². The number of nitrogens with one attached hydrogen (secondary N) is 1. The van der Waals surface area contributed by atoms with E-state index >= 15 is 0 Å². The summed E-state index contributed by atoms with van der Waals surface area (Å²) in [5.41, 5.74) is 1.02. The molecule has 0 bridgehead atoms. The molecule has 4 nitrogen and oxygen atoms in total. The maximum Gasteiger partial charge on any atom is 0.164 e. The zero-order chi connectivity index (χ0) is 13.0. The van der Waals surface area contributed by atoms with E-state index in [0.29, 0.717) is 11.8 Å². The quantitative estimate of drug-likeness (QED) is 0.860. The molecule has 2 N–H and O–H groups in total. The zero-order valence-electron chi connectivity index (χ0n) is 11.0. The Kier molecular flexibility index (Phi) is 4.31. The van der Waals surface area contributed by atoms with E-state index in [1.54, 1.807) is 19.2 Å². The number of rotatable bonds is 4. The van der Waals surface area contributed by atoms with Crippen molar-refractivity contribution in [1.82, 2.24) is 5.32 Å². The molecule has 0 radical (unpaired) electrons. The summed E-state index contributed by atoms with van der Waals surface area (Å²) in [7, 11) is 3.18. The summed E-state index contributed by atoms with van der Waals surface area (Å²) in [5.74, 6) is 1.40. The van der Waals surface area contributed by atoms with Crippen LogP contribution in [0, 0.1) is 0 Å². The molecule has 1 fully saturated rings. The van der Waals surface area contributed by atoms with Crippen LogP contribution < -0.4 is 14.8 Å². The third kappa shape index (κ3) is 2.88. The Hall–Kier alpha value is -1.42. The fourth-order valence-corrected chi connectivity index (χ4v) is 2.47. The predicted molar refractivity (Wildman–Crippen MR) is 70.6 cm³/mol. The summed E-state index contributed by atoms with van der Waals surface area (Å²) in [5, 5.41) is 13.3. The molecule has 1 atom stereocenters. The molecule has 1 aliphatic rings. The summed E-state index contributed by atoms with van der Waals surface area (Å²) in [6.07, 6.45) is 4.57. The van der Waals surface area contributed by atoms with Gasteiger partial charge in [0.2, 0.25) is 0 Å². The average molecular weight is 251 g/mol. The Morgan fingerprint density at radius 2 is 2.00 bits per heavy atom. The fourth-order valence-electron chi connectivity index (χ4n) is 2.47. The van der Waals surface area contributed by atoms with Crippen molar-refractivity contribution in [1.29, 1.82) is 0 Å². The highest BCUT2D eigenvalue weighted by atomic mass is 16.5. The highest BCUT2D eigenvalue weighted by Crippen LogP contribution is 2.34. The second-order valence-electron chi connectivity index (χ2n) is 4.69. The van der Waals surface area contributed by atoms with E-state index in [1.165, 1.54) is 26.4 Å². The molecule has 18 heavy (non-hydrogen) atoms. The van der Waals surface area contributed by atoms with Gasteiger partial charge < -0.3 is 19.9 Å². The number of methoxy groups -OCH3 is 2. The summed E-state index contributed by atoms with van der Waals surface area (Å²) in [6.45, 7) is 1.08. The molecule has 0 amide bonds. The summed E-state index contributed by atoms with van der Waals surface area (Å²) in [4.78, 5) is 0. The van der Waals surface area contributed by atoms with Gasteiger partial charge in [0.05, 0.1) is 14.2 Å². The Balaban J connectivity index is 2.17. The summed E-state index contributed by atoms with van der Waals surface area (Å²) in [6, 6.07) is 3.96. The van der Waals surface area contributed by atoms with Crippen LogP contribution in [0.5, 0.6) is 17.2 Å². The lowest BCUT2D eigenvalue weighted by Crippen LogP contribution is -2.35. The molecule has 1 aromatic rings. The van der Waals surface area contributed by atoms with E-state index in [2.05, 4.69) is 5.32 Å². The largest absolute Gasteiger partial charge is 0.504 e. The van der Waals surface area contributed by atoms with Crippen molar-refractivity contribution in [3.8, 4) is 17.2 Å². The molecule has 0 aliphatic carbocycles. The van der Waals surface area contributed by atoms with Gasteiger partial charge in [-0.15, -0.1) is 0 Å². The second-order valence-corrected chi connectivity index (χ2v) is 4.69. The molecule has 2 rings (SSSR count). The van der Waals surface area contributed by atoms with Gasteiger partial charge in [0, 0.05) is 12.1 Å². The van der Waals surface area contributed by atoms with Crippen molar-refractivity contribution >= 4 is 0 Å². The molecule has 1 unspecified atom stereocenters. The van der Waals surface area contributed by atoms with Gasteiger partial charge in [0.25, 0.3) is 0 Å². The number of phenols is 1. The fraction of sp³-hybridized carbons (Fsp3) is 0.571. The Morgan fingerprint density at radius 3 is 2.61 bits per heavy atom. The van der Waals surface area contributed by atoms with E-state index in [-0.39, 0.29) is 5.75 Å². The van der Waals surface area contributed by atoms with Gasteiger partial charge >= 0.3 is 0 Å². The molecule has 1 heterocycles. The van der Waals surface area contributed by atoms with Gasteiger partial charge in [0.15, 0.2) is 11.5 Å². The Morgan fingerprint density at radius 1 is 1.22 bits per heavy atom. The van der Waals surface area contributed by atoms with Crippen LogP contribution in [0.2, 0.25) is 0 Å². The van der Waals surface area contributed by atoms with Gasteiger partial charge in [-0.3, -0.25) is 0 Å². The van der Waals surface area contributed by atoms with Crippen molar-refractivity contribution in [2.24, 2.45) is 0 Å². The van der Waals surface area contributed by atoms with Crippen LogP contribution in [0.15, 0.2) is 12.1 Å². The van der Waals surface area contributed by atoms with Crippen LogP contribution in [0.4, 0.5) is 0 Å². The Labute approximate surface area is 108 Å². The van der Waals surface area contributed by atoms with Crippen LogP contribution in [0.3, 0.4) is 0 Å². The molecule has 1 aromatic carbocycles. The molecule has 1 aliphatic heterocycles. The van der Waals surface area contributed by atoms with Crippen LogP contribution in [-0.4, -0.2) is 31.9 Å². The molecule has 0 spiro atoms. The smallest absolute Gasteiger partial charge is 0.164 e. The van der Waals surface area contributed by atoms with Crippen LogP contribution in [-0.2, 0) is 6.42 Å². The lowest BCUT2D eigenvalue weighted by atomic mass is 9.97. The molecule has 0 aromatic heterocycles. The number of hydrogen-bond donors (Lipinski definition) is 2. The first-order chi connectivity index (χ1) is 8.74. The molecule has 0 saturated carbocycles. The third-order valence-electron chi connectivity index (χ3n) is 3.46. The highest BCUT2D eigenvalue weighted by molar-refractivity contribution is 5.50. The number of ether oxygens (including phenoxy) is 2.